The predicted octanol–water partition coefficient (Wildman–Crippen LogP) is -0.389. The van der Waals surface area contributed by atoms with Crippen LogP contribution in [0.3, 0.4) is 0 Å². The summed E-state index contributed by atoms with van der Waals surface area (Å²) >= 11 is 0. The Kier molecular flexibility index (Phi) is 6.42. The summed E-state index contributed by atoms with van der Waals surface area (Å²) in [4.78, 5) is 14.6. The van der Waals surface area contributed by atoms with Gasteiger partial charge in [0, 0.05) is 19.3 Å². The van der Waals surface area contributed by atoms with E-state index in [-0.39, 0.29) is 5.91 Å². The molecule has 1 heterocycles. The van der Waals surface area contributed by atoms with Crippen molar-refractivity contribution in [1.29, 1.82) is 0 Å². The molecule has 20 heavy (non-hydrogen) atoms. The van der Waals surface area contributed by atoms with Gasteiger partial charge in [0.15, 0.2) is 14.6 Å². The molecule has 1 fully saturated rings. The van der Waals surface area contributed by atoms with Gasteiger partial charge in [0.05, 0.1) is 0 Å². The zero-order chi connectivity index (χ0) is 15.2. The van der Waals surface area contributed by atoms with Gasteiger partial charge < -0.3 is 15.5 Å². The number of hydrogen-bond donors (Lipinski definition) is 2. The molecule has 118 valence electrons. The van der Waals surface area contributed by atoms with E-state index in [4.69, 9.17) is 0 Å². The van der Waals surface area contributed by atoms with E-state index in [1.807, 2.05) is 0 Å². The quantitative estimate of drug-likeness (QED) is 0.670. The van der Waals surface area contributed by atoms with Gasteiger partial charge in [-0.05, 0) is 39.0 Å². The predicted molar refractivity (Wildman–Crippen MR) is 80.5 cm³/mol. The zero-order valence-electron chi connectivity index (χ0n) is 12.7. The van der Waals surface area contributed by atoms with E-state index in [1.54, 1.807) is 0 Å². The smallest absolute Gasteiger partial charge is 0.241 e. The number of rotatable bonds is 7. The summed E-state index contributed by atoms with van der Waals surface area (Å²) in [7, 11) is -3.41. The summed E-state index contributed by atoms with van der Waals surface area (Å²) in [5.41, 5.74) is 0. The van der Waals surface area contributed by atoms with Crippen molar-refractivity contribution in [3.63, 3.8) is 0 Å². The first-order valence-electron chi connectivity index (χ1n) is 7.28. The maximum absolute atomic E-state index is 12.4. The fourth-order valence-electron chi connectivity index (χ4n) is 2.63. The van der Waals surface area contributed by atoms with E-state index >= 15 is 0 Å². The van der Waals surface area contributed by atoms with Crippen LogP contribution in [0.4, 0.5) is 0 Å². The minimum atomic E-state index is -3.41. The van der Waals surface area contributed by atoms with E-state index in [0.717, 1.165) is 19.6 Å². The van der Waals surface area contributed by atoms with Crippen LogP contribution < -0.4 is 10.6 Å². The number of sulfone groups is 1. The Morgan fingerprint density at radius 2 is 1.80 bits per heavy atom. The molecular formula is C13H27N3O3S. The Morgan fingerprint density at radius 1 is 1.25 bits per heavy atom. The molecule has 7 heteroatoms. The minimum absolute atomic E-state index is 0.339. The van der Waals surface area contributed by atoms with E-state index in [1.165, 1.54) is 6.26 Å². The fourth-order valence-corrected chi connectivity index (χ4v) is 3.98. The van der Waals surface area contributed by atoms with E-state index in [2.05, 4.69) is 29.4 Å². The summed E-state index contributed by atoms with van der Waals surface area (Å²) in [5, 5.41) is 5.92. The Labute approximate surface area is 122 Å². The summed E-state index contributed by atoms with van der Waals surface area (Å²) in [6, 6.07) is 0. The third kappa shape index (κ3) is 3.93. The Morgan fingerprint density at radius 3 is 2.25 bits per heavy atom. The number of amides is 1. The van der Waals surface area contributed by atoms with Gasteiger partial charge in [-0.25, -0.2) is 8.42 Å². The van der Waals surface area contributed by atoms with Gasteiger partial charge in [-0.2, -0.15) is 0 Å². The Balaban J connectivity index is 2.66. The molecule has 0 aliphatic carbocycles. The van der Waals surface area contributed by atoms with Crippen LogP contribution in [0.2, 0.25) is 0 Å². The summed E-state index contributed by atoms with van der Waals surface area (Å²) < 4.78 is 22.9. The van der Waals surface area contributed by atoms with Crippen molar-refractivity contribution < 1.29 is 13.2 Å². The van der Waals surface area contributed by atoms with Crippen molar-refractivity contribution in [3.05, 3.63) is 0 Å². The van der Waals surface area contributed by atoms with Crippen LogP contribution >= 0.6 is 0 Å². The molecule has 0 atom stereocenters. The number of nitrogens with one attached hydrogen (secondary N) is 2. The molecule has 1 aliphatic heterocycles. The van der Waals surface area contributed by atoms with Crippen molar-refractivity contribution in [1.82, 2.24) is 15.5 Å². The molecule has 0 aromatic heterocycles. The molecule has 1 aliphatic rings. The molecule has 0 bridgehead atoms. The zero-order valence-corrected chi connectivity index (χ0v) is 13.6. The molecule has 6 nitrogen and oxygen atoms in total. The van der Waals surface area contributed by atoms with Gasteiger partial charge in [-0.1, -0.05) is 13.8 Å². The number of carbonyl (C=O) groups excluding carboxylic acids is 1. The highest BCUT2D eigenvalue weighted by Crippen LogP contribution is 2.27. The highest BCUT2D eigenvalue weighted by atomic mass is 32.2. The summed E-state index contributed by atoms with van der Waals surface area (Å²) in [6.45, 7) is 8.35. The maximum Gasteiger partial charge on any atom is 0.241 e. The molecular weight excluding hydrogens is 278 g/mol. The van der Waals surface area contributed by atoms with Crippen LogP contribution in [0.5, 0.6) is 0 Å². The first kappa shape index (κ1) is 17.4. The third-order valence-electron chi connectivity index (χ3n) is 4.14. The molecule has 0 aromatic carbocycles. The van der Waals surface area contributed by atoms with E-state index in [9.17, 15) is 13.2 Å². The topological polar surface area (TPSA) is 78.5 Å². The number of nitrogens with zero attached hydrogens (tertiary/aromatic N) is 1. The van der Waals surface area contributed by atoms with Crippen LogP contribution in [0, 0.1) is 0 Å². The molecule has 1 amide bonds. The van der Waals surface area contributed by atoms with Gasteiger partial charge in [0.25, 0.3) is 0 Å². The van der Waals surface area contributed by atoms with Crippen LogP contribution in [-0.4, -0.2) is 69.5 Å². The number of carbonyl (C=O) groups is 1. The molecule has 1 saturated heterocycles. The minimum Gasteiger partial charge on any atom is -0.353 e. The van der Waals surface area contributed by atoms with Crippen LogP contribution in [-0.2, 0) is 14.6 Å². The molecule has 2 N–H and O–H groups in total. The normalized spacial score (nSPS) is 19.0. The first-order chi connectivity index (χ1) is 9.37. The second kappa shape index (κ2) is 7.38. The highest BCUT2D eigenvalue weighted by molar-refractivity contribution is 7.92. The van der Waals surface area contributed by atoms with Crippen molar-refractivity contribution in [2.24, 2.45) is 0 Å². The lowest BCUT2D eigenvalue weighted by Gasteiger charge is -2.34. The number of piperidine rings is 1. The van der Waals surface area contributed by atoms with Gasteiger partial charge in [0.2, 0.25) is 5.91 Å². The summed E-state index contributed by atoms with van der Waals surface area (Å²) in [6.07, 6.45) is 1.87. The first-order valence-corrected chi connectivity index (χ1v) is 9.17. The fraction of sp³-hybridized carbons (Fsp3) is 0.923. The Hall–Kier alpha value is -0.660. The average Bonchev–Trinajstić information content (AvgIpc) is 2.43. The van der Waals surface area contributed by atoms with Crippen molar-refractivity contribution in [3.8, 4) is 0 Å². The molecule has 0 radical (unpaired) electrons. The lowest BCUT2D eigenvalue weighted by molar-refractivity contribution is -0.124. The molecule has 0 unspecified atom stereocenters. The van der Waals surface area contributed by atoms with Gasteiger partial charge in [0.1, 0.15) is 0 Å². The SMILES string of the molecule is CCN(CC)CCNC(=O)C1(S(C)(=O)=O)CCNCC1. The van der Waals surface area contributed by atoms with Crippen LogP contribution in [0.1, 0.15) is 26.7 Å². The third-order valence-corrected chi connectivity index (χ3v) is 6.16. The van der Waals surface area contributed by atoms with E-state index < -0.39 is 14.6 Å². The van der Waals surface area contributed by atoms with Crippen LogP contribution in [0.15, 0.2) is 0 Å². The van der Waals surface area contributed by atoms with Crippen molar-refractivity contribution >= 4 is 15.7 Å². The summed E-state index contributed by atoms with van der Waals surface area (Å²) in [5.74, 6) is -0.339. The molecule has 1 rings (SSSR count). The van der Waals surface area contributed by atoms with Crippen molar-refractivity contribution in [2.75, 3.05) is 45.5 Å². The van der Waals surface area contributed by atoms with Crippen molar-refractivity contribution in [2.45, 2.75) is 31.4 Å². The van der Waals surface area contributed by atoms with Gasteiger partial charge in [-0.15, -0.1) is 0 Å². The Bertz CT molecular complexity index is 413. The largest absolute Gasteiger partial charge is 0.353 e. The maximum atomic E-state index is 12.4. The molecule has 0 spiro atoms. The second-order valence-electron chi connectivity index (χ2n) is 5.30. The lowest BCUT2D eigenvalue weighted by Crippen LogP contribution is -2.57. The van der Waals surface area contributed by atoms with Gasteiger partial charge in [-0.3, -0.25) is 4.79 Å². The lowest BCUT2D eigenvalue weighted by atomic mass is 9.96. The second-order valence-corrected chi connectivity index (χ2v) is 7.63. The van der Waals surface area contributed by atoms with Gasteiger partial charge >= 0.3 is 0 Å². The average molecular weight is 305 g/mol. The number of hydrogen-bond acceptors (Lipinski definition) is 5. The number of likely N-dealkylation sites (N-methyl/N-ethyl adjacent to an activating group) is 1. The van der Waals surface area contributed by atoms with Crippen LogP contribution in [0.25, 0.3) is 0 Å². The standard InChI is InChI=1S/C13H27N3O3S/c1-4-16(5-2)11-10-15-12(17)13(20(3,18)19)6-8-14-9-7-13/h14H,4-11H2,1-3H3,(H,15,17). The molecule has 0 saturated carbocycles. The monoisotopic (exact) mass is 305 g/mol. The highest BCUT2D eigenvalue weighted by Gasteiger charge is 2.48. The molecule has 0 aromatic rings. The van der Waals surface area contributed by atoms with E-state index in [0.29, 0.717) is 32.5 Å².